The van der Waals surface area contributed by atoms with E-state index in [1.165, 1.54) is 0 Å². The number of rotatable bonds is 6. The normalized spacial score (nSPS) is 15.7. The van der Waals surface area contributed by atoms with E-state index in [2.05, 4.69) is 0 Å². The smallest absolute Gasteiger partial charge is 0.193 e. The summed E-state index contributed by atoms with van der Waals surface area (Å²) in [7, 11) is -7.02. The molecule has 0 aromatic rings. The lowest BCUT2D eigenvalue weighted by molar-refractivity contribution is -0.312. The molecule has 0 heterocycles. The van der Waals surface area contributed by atoms with Gasteiger partial charge in [0.2, 0.25) is 0 Å². The minimum absolute atomic E-state index is 0.0843. The summed E-state index contributed by atoms with van der Waals surface area (Å²) in [6.45, 7) is 13.7. The minimum atomic E-state index is -4.84. The van der Waals surface area contributed by atoms with E-state index in [4.69, 9.17) is 4.43 Å². The van der Waals surface area contributed by atoms with Crippen molar-refractivity contribution < 1.29 is 23.6 Å². The standard InChI is InChI=1S/C12H27O5PSi/c1-9(2)11(10(13)8-18(14,15)16)17-19(6,7)12(3,4)5/h9,11H,8H2,1-7H3,(H2,14,15,16)/p-2/t11-/m0/s1. The van der Waals surface area contributed by atoms with Crippen LogP contribution >= 0.6 is 7.60 Å². The van der Waals surface area contributed by atoms with Crippen LogP contribution in [0.1, 0.15) is 34.6 Å². The summed E-state index contributed by atoms with van der Waals surface area (Å²) in [6.07, 6.45) is -1.79. The average molecular weight is 308 g/mol. The SMILES string of the molecule is CC(C)[C@H](O[Si](C)(C)C(C)(C)C)C(=O)CP(=O)([O-])[O-]. The van der Waals surface area contributed by atoms with Crippen LogP contribution in [-0.4, -0.2) is 26.4 Å². The molecule has 0 rings (SSSR count). The third kappa shape index (κ3) is 6.32. The monoisotopic (exact) mass is 308 g/mol. The maximum atomic E-state index is 11.9. The molecule has 0 saturated carbocycles. The number of ketones is 1. The Hall–Kier alpha value is -0.00312. The zero-order valence-corrected chi connectivity index (χ0v) is 14.7. The van der Waals surface area contributed by atoms with Gasteiger partial charge in [0, 0.05) is 6.16 Å². The number of Topliss-reactive ketones (excluding diaryl/α,β-unsaturated/α-hetero) is 1. The molecule has 5 nitrogen and oxygen atoms in total. The highest BCUT2D eigenvalue weighted by molar-refractivity contribution is 7.49. The maximum Gasteiger partial charge on any atom is 0.193 e. The van der Waals surface area contributed by atoms with E-state index in [-0.39, 0.29) is 11.0 Å². The van der Waals surface area contributed by atoms with Crippen molar-refractivity contribution in [2.24, 2.45) is 5.92 Å². The van der Waals surface area contributed by atoms with Crippen LogP contribution in [0.25, 0.3) is 0 Å². The fourth-order valence-electron chi connectivity index (χ4n) is 1.35. The first-order chi connectivity index (χ1) is 8.17. The molecule has 114 valence electrons. The highest BCUT2D eigenvalue weighted by atomic mass is 31.2. The van der Waals surface area contributed by atoms with Gasteiger partial charge in [0.1, 0.15) is 6.10 Å². The van der Waals surface area contributed by atoms with E-state index in [0.29, 0.717) is 0 Å². The van der Waals surface area contributed by atoms with E-state index >= 15 is 0 Å². The van der Waals surface area contributed by atoms with Gasteiger partial charge in [-0.15, -0.1) is 0 Å². The van der Waals surface area contributed by atoms with Gasteiger partial charge in [-0.1, -0.05) is 42.2 Å². The molecule has 0 unspecified atom stereocenters. The van der Waals surface area contributed by atoms with Crippen molar-refractivity contribution >= 4 is 21.7 Å². The second-order valence-corrected chi connectivity index (χ2v) is 13.1. The Morgan fingerprint density at radius 1 is 1.26 bits per heavy atom. The van der Waals surface area contributed by atoms with Crippen LogP contribution in [-0.2, 0) is 13.8 Å². The van der Waals surface area contributed by atoms with E-state index in [9.17, 15) is 19.1 Å². The summed E-state index contributed by atoms with van der Waals surface area (Å²) < 4.78 is 16.7. The molecule has 7 heteroatoms. The molecule has 0 saturated heterocycles. The van der Waals surface area contributed by atoms with Gasteiger partial charge in [0.25, 0.3) is 0 Å². The number of carbonyl (C=O) groups excluding carboxylic acids is 1. The average Bonchev–Trinajstić information content (AvgIpc) is 2.08. The molecular formula is C12H25O5PSi-2. The topological polar surface area (TPSA) is 89.5 Å². The maximum absolute atomic E-state index is 11.9. The van der Waals surface area contributed by atoms with Gasteiger partial charge in [-0.05, 0) is 24.1 Å². The second-order valence-electron chi connectivity index (χ2n) is 6.78. The van der Waals surface area contributed by atoms with Crippen LogP contribution in [0.2, 0.25) is 18.1 Å². The zero-order chi connectivity index (χ0) is 15.6. The zero-order valence-electron chi connectivity index (χ0n) is 12.9. The number of carbonyl (C=O) groups is 1. The Balaban J connectivity index is 5.06. The molecule has 0 aliphatic rings. The molecule has 19 heavy (non-hydrogen) atoms. The molecule has 0 fully saturated rings. The number of hydrogen-bond donors (Lipinski definition) is 0. The molecular weight excluding hydrogens is 283 g/mol. The van der Waals surface area contributed by atoms with Crippen molar-refractivity contribution in [1.82, 2.24) is 0 Å². The summed E-state index contributed by atoms with van der Waals surface area (Å²) in [4.78, 5) is 33.4. The molecule has 0 aliphatic heterocycles. The van der Waals surface area contributed by atoms with Crippen molar-refractivity contribution in [3.05, 3.63) is 0 Å². The van der Waals surface area contributed by atoms with Crippen molar-refractivity contribution in [1.29, 1.82) is 0 Å². The Morgan fingerprint density at radius 3 is 1.95 bits per heavy atom. The van der Waals surface area contributed by atoms with Crippen LogP contribution < -0.4 is 9.79 Å². The first kappa shape index (κ1) is 19.0. The highest BCUT2D eigenvalue weighted by Crippen LogP contribution is 2.38. The Bertz CT molecular complexity index is 367. The van der Waals surface area contributed by atoms with Crippen molar-refractivity contribution in [3.63, 3.8) is 0 Å². The summed E-state index contributed by atoms with van der Waals surface area (Å²) in [5, 5.41) is -0.0843. The van der Waals surface area contributed by atoms with Gasteiger partial charge in [0.05, 0.1) is 0 Å². The third-order valence-corrected chi connectivity index (χ3v) is 8.65. The Labute approximate surface area is 117 Å². The second kappa shape index (κ2) is 6.18. The summed E-state index contributed by atoms with van der Waals surface area (Å²) in [5.74, 6) is -0.790. The Kier molecular flexibility index (Phi) is 6.18. The van der Waals surface area contributed by atoms with Gasteiger partial charge in [-0.2, -0.15) is 0 Å². The van der Waals surface area contributed by atoms with Gasteiger partial charge in [-0.25, -0.2) is 0 Å². The quantitative estimate of drug-likeness (QED) is 0.548. The lowest BCUT2D eigenvalue weighted by atomic mass is 10.0. The summed E-state index contributed by atoms with van der Waals surface area (Å²) in [6, 6.07) is 0. The van der Waals surface area contributed by atoms with E-state index in [1.807, 2.05) is 33.9 Å². The molecule has 1 atom stereocenters. The van der Waals surface area contributed by atoms with Crippen LogP contribution in [0.3, 0.4) is 0 Å². The Morgan fingerprint density at radius 2 is 1.68 bits per heavy atom. The first-order valence-electron chi connectivity index (χ1n) is 6.39. The van der Waals surface area contributed by atoms with Gasteiger partial charge < -0.3 is 18.8 Å². The largest absolute Gasteiger partial charge is 0.810 e. The fraction of sp³-hybridized carbons (Fsp3) is 0.917. The third-order valence-electron chi connectivity index (χ3n) is 3.50. The first-order valence-corrected chi connectivity index (χ1v) is 11.0. The molecule has 0 amide bonds. The molecule has 0 aliphatic carbocycles. The molecule has 0 bridgehead atoms. The molecule has 0 N–H and O–H groups in total. The minimum Gasteiger partial charge on any atom is -0.810 e. The molecule has 0 aromatic heterocycles. The highest BCUT2D eigenvalue weighted by Gasteiger charge is 2.41. The van der Waals surface area contributed by atoms with Gasteiger partial charge in [0.15, 0.2) is 14.1 Å². The molecule has 0 spiro atoms. The van der Waals surface area contributed by atoms with Gasteiger partial charge in [-0.3, -0.25) is 4.79 Å². The van der Waals surface area contributed by atoms with Crippen LogP contribution in [0.15, 0.2) is 0 Å². The van der Waals surface area contributed by atoms with E-state index in [1.54, 1.807) is 13.8 Å². The molecule has 0 aromatic carbocycles. The lowest BCUT2D eigenvalue weighted by Crippen LogP contribution is -2.48. The summed E-state index contributed by atoms with van der Waals surface area (Å²) in [5.41, 5.74) is 0. The van der Waals surface area contributed by atoms with Crippen molar-refractivity contribution in [3.8, 4) is 0 Å². The fourth-order valence-corrected chi connectivity index (χ4v) is 3.30. The predicted molar refractivity (Wildman–Crippen MR) is 74.4 cm³/mol. The number of hydrogen-bond acceptors (Lipinski definition) is 5. The van der Waals surface area contributed by atoms with Crippen LogP contribution in [0, 0.1) is 5.92 Å². The lowest BCUT2D eigenvalue weighted by Gasteiger charge is -2.40. The van der Waals surface area contributed by atoms with Crippen LogP contribution in [0.5, 0.6) is 0 Å². The molecule has 0 radical (unpaired) electrons. The van der Waals surface area contributed by atoms with Crippen molar-refractivity contribution in [2.45, 2.75) is 58.9 Å². The van der Waals surface area contributed by atoms with Crippen molar-refractivity contribution in [2.75, 3.05) is 6.16 Å². The summed E-state index contributed by atoms with van der Waals surface area (Å²) >= 11 is 0. The van der Waals surface area contributed by atoms with E-state index < -0.39 is 34.0 Å². The van der Waals surface area contributed by atoms with Gasteiger partial charge >= 0.3 is 0 Å². The van der Waals surface area contributed by atoms with Crippen LogP contribution in [0.4, 0.5) is 0 Å². The predicted octanol–water partition coefficient (Wildman–Crippen LogP) is 1.52. The van der Waals surface area contributed by atoms with E-state index in [0.717, 1.165) is 0 Å².